The topological polar surface area (TPSA) is 79.8 Å². The van der Waals surface area contributed by atoms with Crippen molar-refractivity contribution in [3.05, 3.63) is 42.4 Å². The van der Waals surface area contributed by atoms with E-state index in [2.05, 4.69) is 25.3 Å². The molecule has 5 rings (SSSR count). The van der Waals surface area contributed by atoms with Crippen molar-refractivity contribution in [3.63, 3.8) is 0 Å². The highest BCUT2D eigenvalue weighted by Crippen LogP contribution is 2.29. The van der Waals surface area contributed by atoms with E-state index in [-0.39, 0.29) is 0 Å². The first kappa shape index (κ1) is 16.0. The van der Waals surface area contributed by atoms with E-state index >= 15 is 0 Å². The van der Waals surface area contributed by atoms with Crippen molar-refractivity contribution < 1.29 is 0 Å². The number of hydrogen-bond donors (Lipinski definition) is 0. The molecule has 27 heavy (non-hydrogen) atoms. The lowest BCUT2D eigenvalue weighted by molar-refractivity contribution is 0.472. The Morgan fingerprint density at radius 2 is 1.74 bits per heavy atom. The molecular weight excluding hydrogens is 342 g/mol. The summed E-state index contributed by atoms with van der Waals surface area (Å²) in [4.78, 5) is 4.28. The first-order valence-corrected chi connectivity index (χ1v) is 9.15. The maximum Gasteiger partial charge on any atom is 0.231 e. The Hall–Kier alpha value is -3.23. The van der Waals surface area contributed by atoms with E-state index in [1.54, 1.807) is 0 Å². The average molecular weight is 363 g/mol. The van der Waals surface area contributed by atoms with E-state index in [0.717, 1.165) is 54.8 Å². The highest BCUT2D eigenvalue weighted by atomic mass is 15.4. The molecule has 0 amide bonds. The second-order valence-electron chi connectivity index (χ2n) is 7.10. The van der Waals surface area contributed by atoms with E-state index in [1.165, 1.54) is 0 Å². The predicted molar refractivity (Wildman–Crippen MR) is 102 cm³/mol. The summed E-state index contributed by atoms with van der Waals surface area (Å²) in [6, 6.07) is 9.89. The van der Waals surface area contributed by atoms with Gasteiger partial charge in [-0.25, -0.2) is 0 Å². The molecule has 4 aromatic rings. The molecule has 0 unspecified atom stereocenters. The summed E-state index contributed by atoms with van der Waals surface area (Å²) in [5.74, 6) is 3.08. The maximum absolute atomic E-state index is 4.70. The van der Waals surface area contributed by atoms with Crippen molar-refractivity contribution in [2.75, 3.05) is 37.0 Å². The third-order valence-corrected chi connectivity index (χ3v) is 5.17. The largest absolute Gasteiger partial charge is 0.361 e. The molecule has 0 atom stereocenters. The van der Waals surface area contributed by atoms with Crippen LogP contribution in [0.25, 0.3) is 11.3 Å². The molecular formula is C18H21N9. The standard InChI is InChI=1S/C18H21N9/c1-24(2)16-7-6-15-20-21-17(27(15)23-16)13-8-11-25(12-9-13)18-22-19-14-5-3-4-10-26(14)18/h3-7,10,13H,8-9,11-12H2,1-2H3. The Kier molecular flexibility index (Phi) is 3.66. The fraction of sp³-hybridized carbons (Fsp3) is 0.389. The molecule has 1 saturated heterocycles. The van der Waals surface area contributed by atoms with Gasteiger partial charge in [0.1, 0.15) is 5.82 Å². The molecule has 1 aliphatic heterocycles. The summed E-state index contributed by atoms with van der Waals surface area (Å²) >= 11 is 0. The normalized spacial score (nSPS) is 15.7. The molecule has 0 N–H and O–H groups in total. The minimum Gasteiger partial charge on any atom is -0.361 e. The average Bonchev–Trinajstić information content (AvgIpc) is 3.32. The van der Waals surface area contributed by atoms with Crippen LogP contribution < -0.4 is 9.80 Å². The van der Waals surface area contributed by atoms with Gasteiger partial charge in [0.05, 0.1) is 0 Å². The van der Waals surface area contributed by atoms with Crippen molar-refractivity contribution in [2.45, 2.75) is 18.8 Å². The Morgan fingerprint density at radius 3 is 2.56 bits per heavy atom. The first-order chi connectivity index (χ1) is 13.2. The van der Waals surface area contributed by atoms with E-state index in [0.29, 0.717) is 5.92 Å². The van der Waals surface area contributed by atoms with Gasteiger partial charge in [0.25, 0.3) is 0 Å². The van der Waals surface area contributed by atoms with E-state index < -0.39 is 0 Å². The van der Waals surface area contributed by atoms with Gasteiger partial charge in [-0.05, 0) is 37.1 Å². The summed E-state index contributed by atoms with van der Waals surface area (Å²) in [5.41, 5.74) is 1.67. The van der Waals surface area contributed by atoms with Crippen LogP contribution in [0, 0.1) is 0 Å². The Labute approximate surface area is 156 Å². The van der Waals surface area contributed by atoms with Crippen molar-refractivity contribution >= 4 is 23.1 Å². The molecule has 9 heteroatoms. The number of anilines is 2. The summed E-state index contributed by atoms with van der Waals surface area (Å²) in [6.45, 7) is 1.81. The number of aromatic nitrogens is 7. The van der Waals surface area contributed by atoms with Gasteiger partial charge in [-0.2, -0.15) is 4.52 Å². The molecule has 0 radical (unpaired) electrons. The number of pyridine rings is 1. The molecule has 4 aromatic heterocycles. The first-order valence-electron chi connectivity index (χ1n) is 9.15. The lowest BCUT2D eigenvalue weighted by atomic mass is 9.96. The lowest BCUT2D eigenvalue weighted by Crippen LogP contribution is -2.34. The Balaban J connectivity index is 1.39. The van der Waals surface area contributed by atoms with Crippen LogP contribution in [-0.2, 0) is 0 Å². The molecule has 1 aliphatic rings. The number of rotatable bonds is 3. The molecule has 0 saturated carbocycles. The fourth-order valence-electron chi connectivity index (χ4n) is 3.67. The lowest BCUT2D eigenvalue weighted by Gasteiger charge is -2.31. The zero-order valence-corrected chi connectivity index (χ0v) is 15.4. The van der Waals surface area contributed by atoms with Crippen LogP contribution in [0.1, 0.15) is 24.6 Å². The monoisotopic (exact) mass is 363 g/mol. The van der Waals surface area contributed by atoms with E-state index in [4.69, 9.17) is 5.10 Å². The van der Waals surface area contributed by atoms with E-state index in [9.17, 15) is 0 Å². The zero-order chi connectivity index (χ0) is 18.4. The third kappa shape index (κ3) is 2.66. The minimum absolute atomic E-state index is 0.334. The van der Waals surface area contributed by atoms with Crippen LogP contribution in [0.4, 0.5) is 11.8 Å². The van der Waals surface area contributed by atoms with Crippen molar-refractivity contribution in [1.29, 1.82) is 0 Å². The molecule has 0 spiro atoms. The van der Waals surface area contributed by atoms with Gasteiger partial charge < -0.3 is 9.80 Å². The van der Waals surface area contributed by atoms with Crippen molar-refractivity contribution in [3.8, 4) is 0 Å². The zero-order valence-electron chi connectivity index (χ0n) is 15.4. The quantitative estimate of drug-likeness (QED) is 0.547. The van der Waals surface area contributed by atoms with Crippen LogP contribution >= 0.6 is 0 Å². The number of hydrogen-bond acceptors (Lipinski definition) is 7. The maximum atomic E-state index is 4.70. The Bertz CT molecular complexity index is 1090. The SMILES string of the molecule is CN(C)c1ccc2nnc(C3CCN(c4nnc5ccccn45)CC3)n2n1. The van der Waals surface area contributed by atoms with Gasteiger partial charge in [0.15, 0.2) is 17.1 Å². The summed E-state index contributed by atoms with van der Waals surface area (Å²) in [6.07, 6.45) is 3.97. The molecule has 1 fully saturated rings. The van der Waals surface area contributed by atoms with Gasteiger partial charge >= 0.3 is 0 Å². The molecule has 0 aliphatic carbocycles. The van der Waals surface area contributed by atoms with E-state index in [1.807, 2.05) is 64.4 Å². The third-order valence-electron chi connectivity index (χ3n) is 5.17. The van der Waals surface area contributed by atoms with Gasteiger partial charge in [-0.1, -0.05) is 6.07 Å². The predicted octanol–water partition coefficient (Wildman–Crippen LogP) is 1.62. The molecule has 5 heterocycles. The van der Waals surface area contributed by atoms with Crippen LogP contribution in [0.3, 0.4) is 0 Å². The van der Waals surface area contributed by atoms with Gasteiger partial charge in [0.2, 0.25) is 5.95 Å². The molecule has 138 valence electrons. The number of piperidine rings is 1. The smallest absolute Gasteiger partial charge is 0.231 e. The molecule has 0 bridgehead atoms. The fourth-order valence-corrected chi connectivity index (χ4v) is 3.67. The summed E-state index contributed by atoms with van der Waals surface area (Å²) in [5, 5.41) is 22.1. The van der Waals surface area contributed by atoms with Gasteiger partial charge in [0, 0.05) is 39.3 Å². The van der Waals surface area contributed by atoms with Gasteiger partial charge in [-0.3, -0.25) is 4.40 Å². The minimum atomic E-state index is 0.334. The molecule has 0 aromatic carbocycles. The van der Waals surface area contributed by atoms with Gasteiger partial charge in [-0.15, -0.1) is 25.5 Å². The van der Waals surface area contributed by atoms with Crippen LogP contribution in [-0.4, -0.2) is 61.6 Å². The Morgan fingerprint density at radius 1 is 0.926 bits per heavy atom. The van der Waals surface area contributed by atoms with Crippen molar-refractivity contribution in [1.82, 2.24) is 34.4 Å². The van der Waals surface area contributed by atoms with Crippen LogP contribution in [0.15, 0.2) is 36.5 Å². The number of nitrogens with zero attached hydrogens (tertiary/aromatic N) is 9. The highest BCUT2D eigenvalue weighted by Gasteiger charge is 2.27. The second kappa shape index (κ2) is 6.19. The second-order valence-corrected chi connectivity index (χ2v) is 7.10. The number of fused-ring (bicyclic) bond motifs is 2. The summed E-state index contributed by atoms with van der Waals surface area (Å²) < 4.78 is 3.93. The highest BCUT2D eigenvalue weighted by molar-refractivity contribution is 5.47. The summed E-state index contributed by atoms with van der Waals surface area (Å²) in [7, 11) is 3.97. The van der Waals surface area contributed by atoms with Crippen molar-refractivity contribution in [2.24, 2.45) is 0 Å². The van der Waals surface area contributed by atoms with Crippen LogP contribution in [0.2, 0.25) is 0 Å². The molecule has 9 nitrogen and oxygen atoms in total. The van der Waals surface area contributed by atoms with Crippen LogP contribution in [0.5, 0.6) is 0 Å².